The van der Waals surface area contributed by atoms with Gasteiger partial charge in [0.2, 0.25) is 0 Å². The van der Waals surface area contributed by atoms with Gasteiger partial charge in [-0.1, -0.05) is 23.2 Å². The van der Waals surface area contributed by atoms with Crippen LogP contribution in [0.25, 0.3) is 0 Å². The van der Waals surface area contributed by atoms with Gasteiger partial charge in [-0.15, -0.1) is 0 Å². The van der Waals surface area contributed by atoms with Crippen molar-refractivity contribution in [1.29, 1.82) is 0 Å². The highest BCUT2D eigenvalue weighted by Crippen LogP contribution is 2.23. The van der Waals surface area contributed by atoms with Gasteiger partial charge in [-0.3, -0.25) is 0 Å². The van der Waals surface area contributed by atoms with Crippen LogP contribution in [-0.2, 0) is 11.3 Å². The summed E-state index contributed by atoms with van der Waals surface area (Å²) in [5.41, 5.74) is 0.605. The molecular formula is C13H12Cl2FN3O. The lowest BCUT2D eigenvalue weighted by Crippen LogP contribution is -2.03. The second kappa shape index (κ2) is 6.83. The van der Waals surface area contributed by atoms with Crippen LogP contribution in [-0.4, -0.2) is 16.6 Å². The molecule has 1 aromatic carbocycles. The Labute approximate surface area is 125 Å². The molecule has 1 aromatic heterocycles. The highest BCUT2D eigenvalue weighted by Gasteiger charge is 2.06. The summed E-state index contributed by atoms with van der Waals surface area (Å²) in [7, 11) is 0. The number of hydrogen-bond donors (Lipinski definition) is 1. The van der Waals surface area contributed by atoms with Crippen LogP contribution in [0, 0.1) is 5.82 Å². The Morgan fingerprint density at radius 1 is 1.25 bits per heavy atom. The highest BCUT2D eigenvalue weighted by atomic mass is 35.5. The first kappa shape index (κ1) is 15.0. The standard InChI is InChI=1S/C13H12Cl2FN3O/c1-2-20-7-13-18-11(15)6-12(19-13)17-8-3-4-10(16)9(14)5-8/h3-6H,2,7H2,1H3,(H,17,18,19). The molecule has 106 valence electrons. The molecule has 1 heterocycles. The zero-order chi connectivity index (χ0) is 14.5. The Hall–Kier alpha value is -1.43. The van der Waals surface area contributed by atoms with E-state index in [4.69, 9.17) is 27.9 Å². The van der Waals surface area contributed by atoms with E-state index in [0.717, 1.165) is 0 Å². The molecule has 0 saturated carbocycles. The normalized spacial score (nSPS) is 10.6. The molecule has 7 heteroatoms. The van der Waals surface area contributed by atoms with Gasteiger partial charge in [-0.05, 0) is 25.1 Å². The first-order valence-corrected chi connectivity index (χ1v) is 6.67. The smallest absolute Gasteiger partial charge is 0.158 e. The zero-order valence-electron chi connectivity index (χ0n) is 10.7. The van der Waals surface area contributed by atoms with Crippen molar-refractivity contribution >= 4 is 34.7 Å². The fourth-order valence-electron chi connectivity index (χ4n) is 1.51. The molecule has 0 saturated heterocycles. The number of anilines is 2. The topological polar surface area (TPSA) is 47.0 Å². The molecule has 0 fully saturated rings. The third-order valence-corrected chi connectivity index (χ3v) is 2.85. The number of nitrogens with one attached hydrogen (secondary N) is 1. The lowest BCUT2D eigenvalue weighted by molar-refractivity contribution is 0.128. The lowest BCUT2D eigenvalue weighted by Gasteiger charge is -2.08. The lowest BCUT2D eigenvalue weighted by atomic mass is 10.3. The van der Waals surface area contributed by atoms with Crippen molar-refractivity contribution in [3.63, 3.8) is 0 Å². The number of aromatic nitrogens is 2. The minimum atomic E-state index is -0.477. The Balaban J connectivity index is 2.19. The van der Waals surface area contributed by atoms with E-state index < -0.39 is 5.82 Å². The van der Waals surface area contributed by atoms with Crippen molar-refractivity contribution in [3.8, 4) is 0 Å². The Bertz CT molecular complexity index is 610. The summed E-state index contributed by atoms with van der Waals surface area (Å²) in [6, 6.07) is 5.86. The van der Waals surface area contributed by atoms with E-state index in [1.54, 1.807) is 12.1 Å². The number of rotatable bonds is 5. The van der Waals surface area contributed by atoms with Crippen LogP contribution in [0.2, 0.25) is 10.2 Å². The Kier molecular flexibility index (Phi) is 5.11. The number of benzene rings is 1. The van der Waals surface area contributed by atoms with Crippen LogP contribution >= 0.6 is 23.2 Å². The SMILES string of the molecule is CCOCc1nc(Cl)cc(Nc2ccc(F)c(Cl)c2)n1. The van der Waals surface area contributed by atoms with E-state index in [1.165, 1.54) is 12.1 Å². The van der Waals surface area contributed by atoms with Crippen molar-refractivity contribution in [1.82, 2.24) is 9.97 Å². The van der Waals surface area contributed by atoms with Gasteiger partial charge in [0.1, 0.15) is 23.4 Å². The number of hydrogen-bond acceptors (Lipinski definition) is 4. The summed E-state index contributed by atoms with van der Waals surface area (Å²) in [6.45, 7) is 2.71. The molecule has 0 unspecified atom stereocenters. The number of halogens is 3. The van der Waals surface area contributed by atoms with Crippen LogP contribution in [0.15, 0.2) is 24.3 Å². The molecule has 1 N–H and O–H groups in total. The molecule has 2 aromatic rings. The first-order valence-electron chi connectivity index (χ1n) is 5.91. The van der Waals surface area contributed by atoms with Gasteiger partial charge in [0.25, 0.3) is 0 Å². The molecule has 4 nitrogen and oxygen atoms in total. The van der Waals surface area contributed by atoms with E-state index in [2.05, 4.69) is 15.3 Å². The van der Waals surface area contributed by atoms with E-state index in [-0.39, 0.29) is 11.6 Å². The quantitative estimate of drug-likeness (QED) is 0.840. The minimum Gasteiger partial charge on any atom is -0.374 e. The fraction of sp³-hybridized carbons (Fsp3) is 0.231. The van der Waals surface area contributed by atoms with E-state index >= 15 is 0 Å². The summed E-state index contributed by atoms with van der Waals surface area (Å²) in [5.74, 6) is 0.479. The molecule has 0 aliphatic carbocycles. The van der Waals surface area contributed by atoms with Gasteiger partial charge in [0.15, 0.2) is 5.82 Å². The van der Waals surface area contributed by atoms with Crippen molar-refractivity contribution in [2.24, 2.45) is 0 Å². The van der Waals surface area contributed by atoms with E-state index in [1.807, 2.05) is 6.92 Å². The van der Waals surface area contributed by atoms with Gasteiger partial charge in [-0.25, -0.2) is 14.4 Å². The second-order valence-electron chi connectivity index (χ2n) is 3.88. The monoisotopic (exact) mass is 315 g/mol. The van der Waals surface area contributed by atoms with Gasteiger partial charge in [0.05, 0.1) is 5.02 Å². The second-order valence-corrected chi connectivity index (χ2v) is 4.68. The van der Waals surface area contributed by atoms with Crippen LogP contribution in [0.1, 0.15) is 12.7 Å². The predicted molar refractivity (Wildman–Crippen MR) is 77.1 cm³/mol. The van der Waals surface area contributed by atoms with Gasteiger partial charge < -0.3 is 10.1 Å². The third kappa shape index (κ3) is 4.03. The Morgan fingerprint density at radius 2 is 2.05 bits per heavy atom. The highest BCUT2D eigenvalue weighted by molar-refractivity contribution is 6.31. The molecule has 0 spiro atoms. The maximum Gasteiger partial charge on any atom is 0.158 e. The third-order valence-electron chi connectivity index (χ3n) is 2.37. The van der Waals surface area contributed by atoms with Crippen molar-refractivity contribution in [3.05, 3.63) is 46.1 Å². The summed E-state index contributed by atoms with van der Waals surface area (Å²) >= 11 is 11.6. The maximum atomic E-state index is 13.1. The van der Waals surface area contributed by atoms with E-state index in [9.17, 15) is 4.39 Å². The Morgan fingerprint density at radius 3 is 2.75 bits per heavy atom. The molecule has 0 amide bonds. The van der Waals surface area contributed by atoms with Gasteiger partial charge in [-0.2, -0.15) is 0 Å². The molecule has 0 radical (unpaired) electrons. The summed E-state index contributed by atoms with van der Waals surface area (Å²) < 4.78 is 18.3. The average molecular weight is 316 g/mol. The molecule has 0 aliphatic rings. The van der Waals surface area contributed by atoms with Crippen LogP contribution in [0.4, 0.5) is 15.9 Å². The number of nitrogens with zero attached hydrogens (tertiary/aromatic N) is 2. The molecule has 0 atom stereocenters. The van der Waals surface area contributed by atoms with Crippen LogP contribution < -0.4 is 5.32 Å². The predicted octanol–water partition coefficient (Wildman–Crippen LogP) is 4.20. The van der Waals surface area contributed by atoms with Gasteiger partial charge >= 0.3 is 0 Å². The largest absolute Gasteiger partial charge is 0.374 e. The zero-order valence-corrected chi connectivity index (χ0v) is 12.2. The summed E-state index contributed by atoms with van der Waals surface area (Å²) in [6.07, 6.45) is 0. The molecule has 0 bridgehead atoms. The first-order chi connectivity index (χ1) is 9.58. The van der Waals surface area contributed by atoms with Crippen molar-refractivity contribution < 1.29 is 9.13 Å². The van der Waals surface area contributed by atoms with Crippen LogP contribution in [0.3, 0.4) is 0 Å². The van der Waals surface area contributed by atoms with Gasteiger partial charge in [0, 0.05) is 18.4 Å². The van der Waals surface area contributed by atoms with Crippen molar-refractivity contribution in [2.75, 3.05) is 11.9 Å². The fourth-order valence-corrected chi connectivity index (χ4v) is 1.89. The van der Waals surface area contributed by atoms with E-state index in [0.29, 0.717) is 29.1 Å². The molecular weight excluding hydrogens is 304 g/mol. The maximum absolute atomic E-state index is 13.1. The minimum absolute atomic E-state index is 0.0321. The van der Waals surface area contributed by atoms with Crippen molar-refractivity contribution in [2.45, 2.75) is 13.5 Å². The number of ether oxygens (including phenoxy) is 1. The summed E-state index contributed by atoms with van der Waals surface area (Å²) in [5, 5.41) is 3.32. The van der Waals surface area contributed by atoms with Crippen LogP contribution in [0.5, 0.6) is 0 Å². The summed E-state index contributed by atoms with van der Waals surface area (Å²) in [4.78, 5) is 8.30. The average Bonchev–Trinajstić information content (AvgIpc) is 2.40. The molecule has 20 heavy (non-hydrogen) atoms. The molecule has 2 rings (SSSR count). The molecule has 0 aliphatic heterocycles.